The van der Waals surface area contributed by atoms with Crippen LogP contribution < -0.4 is 25.8 Å². The Morgan fingerprint density at radius 2 is 1.37 bits per heavy atom. The van der Waals surface area contributed by atoms with E-state index < -0.39 is 57.9 Å². The Balaban J connectivity index is 2.16. The van der Waals surface area contributed by atoms with Gasteiger partial charge in [0.15, 0.2) is 11.5 Å². The topological polar surface area (TPSA) is 261 Å². The number of primary amides is 1. The van der Waals surface area contributed by atoms with E-state index in [0.29, 0.717) is 48.7 Å². The molecule has 19 nitrogen and oxygen atoms in total. The fraction of sp³-hybridized carbons (Fsp3) is 0.522. The van der Waals surface area contributed by atoms with Gasteiger partial charge in [-0.05, 0) is 104 Å². The van der Waals surface area contributed by atoms with Gasteiger partial charge >= 0.3 is 5.97 Å². The van der Waals surface area contributed by atoms with Crippen LogP contribution in [-0.2, 0) is 48.4 Å². The third kappa shape index (κ3) is 18.3. The predicted molar refractivity (Wildman–Crippen MR) is 234 cm³/mol. The Morgan fingerprint density at radius 1 is 0.754 bits per heavy atom. The first-order valence-electron chi connectivity index (χ1n) is 21.4. The molecule has 3 amide bonds. The molecule has 0 aromatic heterocycles. The standard InChI is InChI=1S/C46H67N5O14/c1-29(2)36(20-31-16-17-39(61-8)41(23-31)62-19-11-18-60-7)24-38(49-42(52)34-14-9-12-32(21-34)26-63-50(56)57)40(25-37(30(3)4)43(53)48-28-46(5,6)45(47)55)65-44(54)35-15-10-13-33(22-35)27-64-51(58)59/h9-10,12-17,21-23,29-30,36-38,40,56-59H,11,18-20,24-28H2,1-8H3,(H2,47,55)(H,48,53)(H,49,52). The molecule has 4 unspecified atom stereocenters. The van der Waals surface area contributed by atoms with Gasteiger partial charge in [0.1, 0.15) is 6.10 Å². The molecule has 65 heavy (non-hydrogen) atoms. The summed E-state index contributed by atoms with van der Waals surface area (Å²) < 4.78 is 23.2. The Labute approximate surface area is 380 Å². The average Bonchev–Trinajstić information content (AvgIpc) is 3.26. The number of esters is 1. The third-order valence-electron chi connectivity index (χ3n) is 11.0. The van der Waals surface area contributed by atoms with Crippen LogP contribution in [0.2, 0.25) is 0 Å². The van der Waals surface area contributed by atoms with Gasteiger partial charge in [-0.3, -0.25) is 35.2 Å². The molecule has 0 aliphatic carbocycles. The van der Waals surface area contributed by atoms with Gasteiger partial charge in [0, 0.05) is 38.2 Å². The van der Waals surface area contributed by atoms with Crippen molar-refractivity contribution in [1.82, 2.24) is 21.4 Å². The molecule has 0 aliphatic heterocycles. The van der Waals surface area contributed by atoms with Crippen LogP contribution in [0.4, 0.5) is 0 Å². The molecular formula is C46H67N5O14. The maximum Gasteiger partial charge on any atom is 0.338 e. The second kappa shape index (κ2) is 26.7. The van der Waals surface area contributed by atoms with Crippen LogP contribution in [0.15, 0.2) is 66.7 Å². The SMILES string of the molecule is COCCCOc1cc(CC(CC(NC(=O)c2cccc(CON(O)O)c2)C(CC(C(=O)NCC(C)(C)C(N)=O)C(C)C)OC(=O)c2cccc(CON(O)O)c2)C(C)C)ccc1OC. The second-order valence-corrected chi connectivity index (χ2v) is 17.2. The van der Waals surface area contributed by atoms with Gasteiger partial charge < -0.3 is 35.3 Å². The zero-order valence-corrected chi connectivity index (χ0v) is 38.5. The molecule has 360 valence electrons. The summed E-state index contributed by atoms with van der Waals surface area (Å²) in [5, 5.41) is 41.6. The van der Waals surface area contributed by atoms with E-state index in [1.54, 1.807) is 58.4 Å². The number of ether oxygens (including phenoxy) is 4. The number of carbonyl (C=O) groups is 4. The first kappa shape index (κ1) is 54.1. The van der Waals surface area contributed by atoms with Crippen LogP contribution in [0.5, 0.6) is 11.5 Å². The summed E-state index contributed by atoms with van der Waals surface area (Å²) in [7, 11) is 3.18. The van der Waals surface area contributed by atoms with Gasteiger partial charge in [0.25, 0.3) is 5.91 Å². The first-order chi connectivity index (χ1) is 30.7. The van der Waals surface area contributed by atoms with Crippen molar-refractivity contribution >= 4 is 23.7 Å². The molecule has 8 N–H and O–H groups in total. The van der Waals surface area contributed by atoms with E-state index in [0.717, 1.165) is 5.56 Å². The molecule has 3 aromatic rings. The lowest BCUT2D eigenvalue weighted by Gasteiger charge is -2.35. The first-order valence-corrected chi connectivity index (χ1v) is 21.4. The average molecular weight is 914 g/mol. The molecule has 3 aromatic carbocycles. The van der Waals surface area contributed by atoms with E-state index in [1.165, 1.54) is 18.2 Å². The predicted octanol–water partition coefficient (Wildman–Crippen LogP) is 5.65. The molecule has 0 bridgehead atoms. The number of carbonyl (C=O) groups excluding carboxylic acids is 4. The minimum atomic E-state index is -1.14. The maximum atomic E-state index is 14.4. The van der Waals surface area contributed by atoms with Gasteiger partial charge in [0.2, 0.25) is 11.8 Å². The summed E-state index contributed by atoms with van der Waals surface area (Å²) in [6, 6.07) is 17.2. The van der Waals surface area contributed by atoms with E-state index in [1.807, 2.05) is 45.9 Å². The number of hydrogen-bond acceptors (Lipinski definition) is 16. The highest BCUT2D eigenvalue weighted by Crippen LogP contribution is 2.33. The molecule has 0 aliphatic rings. The summed E-state index contributed by atoms with van der Waals surface area (Å²) >= 11 is 0. The molecule has 0 radical (unpaired) electrons. The largest absolute Gasteiger partial charge is 0.493 e. The zero-order chi connectivity index (χ0) is 48.3. The monoisotopic (exact) mass is 913 g/mol. The van der Waals surface area contributed by atoms with E-state index in [-0.39, 0.29) is 61.5 Å². The number of hydrogen-bond donors (Lipinski definition) is 7. The number of nitrogens with zero attached hydrogens (tertiary/aromatic N) is 2. The number of nitrogens with two attached hydrogens (primary N) is 1. The molecule has 3 rings (SSSR count). The highest BCUT2D eigenvalue weighted by molar-refractivity contribution is 5.95. The van der Waals surface area contributed by atoms with Crippen LogP contribution in [0.25, 0.3) is 0 Å². The molecule has 19 heteroatoms. The molecule has 0 spiro atoms. The summed E-state index contributed by atoms with van der Waals surface area (Å²) in [5.41, 5.74) is 6.58. The van der Waals surface area contributed by atoms with Gasteiger partial charge in [-0.2, -0.15) is 0 Å². The number of benzene rings is 3. The van der Waals surface area contributed by atoms with Crippen molar-refractivity contribution in [2.75, 3.05) is 34.0 Å². The van der Waals surface area contributed by atoms with E-state index in [4.69, 9.17) is 55.2 Å². The summed E-state index contributed by atoms with van der Waals surface area (Å²) in [6.45, 7) is 11.3. The van der Waals surface area contributed by atoms with Crippen LogP contribution in [0.1, 0.15) is 98.2 Å². The van der Waals surface area contributed by atoms with Crippen molar-refractivity contribution in [2.45, 2.75) is 92.6 Å². The van der Waals surface area contributed by atoms with Crippen molar-refractivity contribution in [2.24, 2.45) is 34.8 Å². The Hall–Kier alpha value is -5.22. The molecule has 0 heterocycles. The van der Waals surface area contributed by atoms with Gasteiger partial charge in [0.05, 0.1) is 54.7 Å². The Kier molecular flexibility index (Phi) is 22.2. The smallest absolute Gasteiger partial charge is 0.338 e. The molecule has 4 atom stereocenters. The van der Waals surface area contributed by atoms with Crippen molar-refractivity contribution < 1.29 is 68.6 Å². The Bertz CT molecular complexity index is 1980. The normalized spacial score (nSPS) is 13.7. The van der Waals surface area contributed by atoms with Crippen molar-refractivity contribution in [3.8, 4) is 11.5 Å². The van der Waals surface area contributed by atoms with Gasteiger partial charge in [-0.15, -0.1) is 0 Å². The minimum absolute atomic E-state index is 0.00818. The van der Waals surface area contributed by atoms with Crippen molar-refractivity contribution in [1.29, 1.82) is 0 Å². The van der Waals surface area contributed by atoms with Crippen molar-refractivity contribution in [3.63, 3.8) is 0 Å². The third-order valence-corrected chi connectivity index (χ3v) is 11.0. The van der Waals surface area contributed by atoms with Crippen LogP contribution in [0.3, 0.4) is 0 Å². The molecular weight excluding hydrogens is 847 g/mol. The quantitative estimate of drug-likeness (QED) is 0.0252. The molecule has 0 fully saturated rings. The zero-order valence-electron chi connectivity index (χ0n) is 38.5. The highest BCUT2D eigenvalue weighted by Gasteiger charge is 2.37. The fourth-order valence-corrected chi connectivity index (χ4v) is 6.94. The lowest BCUT2D eigenvalue weighted by molar-refractivity contribution is -0.497. The second-order valence-electron chi connectivity index (χ2n) is 17.2. The van der Waals surface area contributed by atoms with E-state index >= 15 is 0 Å². The lowest BCUT2D eigenvalue weighted by Crippen LogP contribution is -2.50. The summed E-state index contributed by atoms with van der Waals surface area (Å²) in [5.74, 6) is -2.52. The van der Waals surface area contributed by atoms with E-state index in [2.05, 4.69) is 10.6 Å². The van der Waals surface area contributed by atoms with Crippen LogP contribution in [0, 0.1) is 29.1 Å². The van der Waals surface area contributed by atoms with Gasteiger partial charge in [-0.1, -0.05) is 58.0 Å². The molecule has 0 saturated carbocycles. The summed E-state index contributed by atoms with van der Waals surface area (Å²) in [4.78, 5) is 64.3. The number of rotatable bonds is 29. The van der Waals surface area contributed by atoms with Crippen LogP contribution in [-0.4, -0.2) is 101 Å². The number of amides is 3. The van der Waals surface area contributed by atoms with Crippen LogP contribution >= 0.6 is 0 Å². The Morgan fingerprint density at radius 3 is 1.92 bits per heavy atom. The molecule has 0 saturated heterocycles. The number of nitrogens with one attached hydrogen (secondary N) is 2. The van der Waals surface area contributed by atoms with Gasteiger partial charge in [-0.25, -0.2) is 14.5 Å². The number of methoxy groups -OCH3 is 2. The maximum absolute atomic E-state index is 14.4. The fourth-order valence-electron chi connectivity index (χ4n) is 6.94. The lowest BCUT2D eigenvalue weighted by atomic mass is 9.80. The van der Waals surface area contributed by atoms with E-state index in [9.17, 15) is 19.2 Å². The van der Waals surface area contributed by atoms with Crippen molar-refractivity contribution in [3.05, 3.63) is 94.5 Å². The summed E-state index contributed by atoms with van der Waals surface area (Å²) in [6.07, 6.45) is 0.215. The minimum Gasteiger partial charge on any atom is -0.493 e. The highest BCUT2D eigenvalue weighted by atomic mass is 17.1.